The van der Waals surface area contributed by atoms with Crippen LogP contribution in [0.3, 0.4) is 0 Å². The normalized spacial score (nSPS) is 11.1. The molecule has 18 heavy (non-hydrogen) atoms. The minimum atomic E-state index is -1.08. The van der Waals surface area contributed by atoms with Crippen molar-refractivity contribution in [2.24, 2.45) is 5.41 Å². The van der Waals surface area contributed by atoms with Crippen molar-refractivity contribution in [3.63, 3.8) is 0 Å². The van der Waals surface area contributed by atoms with E-state index in [1.807, 2.05) is 0 Å². The molecular formula is C12H14ClNO4. The van der Waals surface area contributed by atoms with Crippen LogP contribution in [0.5, 0.6) is 5.75 Å². The molecule has 0 unspecified atom stereocenters. The van der Waals surface area contributed by atoms with Crippen LogP contribution in [0.25, 0.3) is 0 Å². The van der Waals surface area contributed by atoms with Crippen LogP contribution in [-0.2, 0) is 4.79 Å². The van der Waals surface area contributed by atoms with E-state index in [1.165, 1.54) is 32.0 Å². The fraction of sp³-hybridized carbons (Fsp3) is 0.333. The number of carboxylic acids is 1. The van der Waals surface area contributed by atoms with E-state index in [4.69, 9.17) is 16.7 Å². The van der Waals surface area contributed by atoms with Crippen LogP contribution in [0.1, 0.15) is 24.2 Å². The van der Waals surface area contributed by atoms with Gasteiger partial charge in [-0.1, -0.05) is 11.6 Å². The molecular weight excluding hydrogens is 258 g/mol. The van der Waals surface area contributed by atoms with Crippen molar-refractivity contribution in [3.8, 4) is 5.75 Å². The Morgan fingerprint density at radius 1 is 1.39 bits per heavy atom. The van der Waals surface area contributed by atoms with Crippen LogP contribution in [0.4, 0.5) is 0 Å². The Hall–Kier alpha value is -1.75. The summed E-state index contributed by atoms with van der Waals surface area (Å²) in [5.41, 5.74) is -1.06. The number of hydrogen-bond acceptors (Lipinski definition) is 3. The Morgan fingerprint density at radius 2 is 2.00 bits per heavy atom. The zero-order valence-electron chi connectivity index (χ0n) is 10.0. The molecule has 0 radical (unpaired) electrons. The second-order valence-corrected chi connectivity index (χ2v) is 4.97. The molecule has 0 fully saturated rings. The molecule has 3 N–H and O–H groups in total. The van der Waals surface area contributed by atoms with Crippen molar-refractivity contribution in [1.29, 1.82) is 0 Å². The number of aliphatic carboxylic acids is 1. The van der Waals surface area contributed by atoms with Crippen molar-refractivity contribution in [3.05, 3.63) is 28.8 Å². The predicted octanol–water partition coefficient (Wildman–Crippen LogP) is 1.89. The molecule has 0 aromatic heterocycles. The Labute approximate surface area is 109 Å². The second kappa shape index (κ2) is 5.27. The molecule has 0 bridgehead atoms. The zero-order valence-corrected chi connectivity index (χ0v) is 10.8. The number of carbonyl (C=O) groups is 2. The van der Waals surface area contributed by atoms with E-state index in [1.54, 1.807) is 0 Å². The van der Waals surface area contributed by atoms with Gasteiger partial charge < -0.3 is 15.5 Å². The van der Waals surface area contributed by atoms with Crippen molar-refractivity contribution >= 4 is 23.5 Å². The summed E-state index contributed by atoms with van der Waals surface area (Å²) in [5.74, 6) is -1.78. The number of aromatic hydroxyl groups is 1. The average Bonchev–Trinajstić information content (AvgIpc) is 2.29. The minimum Gasteiger partial charge on any atom is -0.507 e. The number of amides is 1. The van der Waals surface area contributed by atoms with Crippen LogP contribution < -0.4 is 5.32 Å². The van der Waals surface area contributed by atoms with Crippen LogP contribution in [-0.4, -0.2) is 28.6 Å². The minimum absolute atomic E-state index is 0.0173. The van der Waals surface area contributed by atoms with Gasteiger partial charge in [0.2, 0.25) is 0 Å². The van der Waals surface area contributed by atoms with Crippen LogP contribution in [0.2, 0.25) is 5.02 Å². The van der Waals surface area contributed by atoms with Crippen molar-refractivity contribution in [2.45, 2.75) is 13.8 Å². The molecule has 0 atom stereocenters. The molecule has 1 amide bonds. The van der Waals surface area contributed by atoms with Gasteiger partial charge in [0.15, 0.2) is 0 Å². The largest absolute Gasteiger partial charge is 0.507 e. The van der Waals surface area contributed by atoms with E-state index < -0.39 is 17.3 Å². The first-order valence-corrected chi connectivity index (χ1v) is 5.62. The molecule has 0 aliphatic carbocycles. The third-order valence-corrected chi connectivity index (χ3v) is 2.71. The lowest BCUT2D eigenvalue weighted by molar-refractivity contribution is -0.146. The van der Waals surface area contributed by atoms with E-state index in [-0.39, 0.29) is 17.9 Å². The molecule has 0 aliphatic rings. The number of hydrogen-bond donors (Lipinski definition) is 3. The predicted molar refractivity (Wildman–Crippen MR) is 66.9 cm³/mol. The van der Waals surface area contributed by atoms with Crippen LogP contribution >= 0.6 is 11.6 Å². The molecule has 0 spiro atoms. The summed E-state index contributed by atoms with van der Waals surface area (Å²) in [7, 11) is 0. The molecule has 1 aromatic rings. The first-order chi connectivity index (χ1) is 8.24. The Kier molecular flexibility index (Phi) is 4.19. The lowest BCUT2D eigenvalue weighted by atomic mass is 9.94. The third-order valence-electron chi connectivity index (χ3n) is 2.47. The van der Waals surface area contributed by atoms with Gasteiger partial charge in [-0.3, -0.25) is 9.59 Å². The topological polar surface area (TPSA) is 86.6 Å². The monoisotopic (exact) mass is 271 g/mol. The van der Waals surface area contributed by atoms with Gasteiger partial charge in [-0.25, -0.2) is 0 Å². The Morgan fingerprint density at radius 3 is 2.56 bits per heavy atom. The van der Waals surface area contributed by atoms with Gasteiger partial charge in [-0.05, 0) is 32.0 Å². The summed E-state index contributed by atoms with van der Waals surface area (Å²) in [6.45, 7) is 2.94. The molecule has 0 heterocycles. The number of carboxylic acid groups (broad SMARTS) is 1. The molecule has 1 rings (SSSR count). The number of halogens is 1. The maximum atomic E-state index is 11.8. The lowest BCUT2D eigenvalue weighted by Crippen LogP contribution is -2.38. The van der Waals surface area contributed by atoms with Gasteiger partial charge in [-0.2, -0.15) is 0 Å². The molecule has 5 nitrogen and oxygen atoms in total. The van der Waals surface area contributed by atoms with Gasteiger partial charge in [-0.15, -0.1) is 0 Å². The maximum absolute atomic E-state index is 11.8. The zero-order chi connectivity index (χ0) is 13.9. The SMILES string of the molecule is CC(C)(CNC(=O)c1cc(Cl)ccc1O)C(=O)O. The molecule has 6 heteroatoms. The number of rotatable bonds is 4. The fourth-order valence-electron chi connectivity index (χ4n) is 1.16. The Balaban J connectivity index is 2.78. The van der Waals surface area contributed by atoms with Gasteiger partial charge >= 0.3 is 5.97 Å². The highest BCUT2D eigenvalue weighted by Gasteiger charge is 2.28. The number of nitrogens with one attached hydrogen (secondary N) is 1. The average molecular weight is 272 g/mol. The maximum Gasteiger partial charge on any atom is 0.310 e. The summed E-state index contributed by atoms with van der Waals surface area (Å²) >= 11 is 5.72. The van der Waals surface area contributed by atoms with Crippen molar-refractivity contribution < 1.29 is 19.8 Å². The van der Waals surface area contributed by atoms with E-state index in [2.05, 4.69) is 5.32 Å². The fourth-order valence-corrected chi connectivity index (χ4v) is 1.33. The number of carbonyl (C=O) groups excluding carboxylic acids is 1. The molecule has 0 saturated heterocycles. The van der Waals surface area contributed by atoms with Crippen molar-refractivity contribution in [2.75, 3.05) is 6.54 Å². The van der Waals surface area contributed by atoms with Crippen LogP contribution in [0, 0.1) is 5.41 Å². The molecule has 0 saturated carbocycles. The highest BCUT2D eigenvalue weighted by Crippen LogP contribution is 2.21. The second-order valence-electron chi connectivity index (χ2n) is 4.53. The lowest BCUT2D eigenvalue weighted by Gasteiger charge is -2.19. The molecule has 1 aromatic carbocycles. The molecule has 98 valence electrons. The number of phenolic OH excluding ortho intramolecular Hbond substituents is 1. The first kappa shape index (κ1) is 14.3. The molecule has 0 aliphatic heterocycles. The third kappa shape index (κ3) is 3.37. The number of phenols is 1. The summed E-state index contributed by atoms with van der Waals surface area (Å²) in [6.07, 6.45) is 0. The smallest absolute Gasteiger partial charge is 0.310 e. The summed E-state index contributed by atoms with van der Waals surface area (Å²) < 4.78 is 0. The summed E-state index contributed by atoms with van der Waals surface area (Å²) in [6, 6.07) is 4.08. The summed E-state index contributed by atoms with van der Waals surface area (Å²) in [4.78, 5) is 22.6. The van der Waals surface area contributed by atoms with E-state index >= 15 is 0 Å². The highest BCUT2D eigenvalue weighted by atomic mass is 35.5. The number of benzene rings is 1. The quantitative estimate of drug-likeness (QED) is 0.780. The van der Waals surface area contributed by atoms with E-state index in [0.29, 0.717) is 5.02 Å². The van der Waals surface area contributed by atoms with Gasteiger partial charge in [0, 0.05) is 11.6 Å². The highest BCUT2D eigenvalue weighted by molar-refractivity contribution is 6.31. The Bertz CT molecular complexity index is 485. The van der Waals surface area contributed by atoms with E-state index in [9.17, 15) is 14.7 Å². The van der Waals surface area contributed by atoms with Gasteiger partial charge in [0.05, 0.1) is 11.0 Å². The van der Waals surface area contributed by atoms with Gasteiger partial charge in [0.1, 0.15) is 5.75 Å². The van der Waals surface area contributed by atoms with Crippen molar-refractivity contribution in [1.82, 2.24) is 5.32 Å². The van der Waals surface area contributed by atoms with Crippen LogP contribution in [0.15, 0.2) is 18.2 Å². The standard InChI is InChI=1S/C12H14ClNO4/c1-12(2,11(17)18)6-14-10(16)8-5-7(13)3-4-9(8)15/h3-5,15H,6H2,1-2H3,(H,14,16)(H,17,18). The van der Waals surface area contributed by atoms with Gasteiger partial charge in [0.25, 0.3) is 5.91 Å². The first-order valence-electron chi connectivity index (χ1n) is 5.24. The summed E-state index contributed by atoms with van der Waals surface area (Å²) in [5, 5.41) is 21.2. The van der Waals surface area contributed by atoms with E-state index in [0.717, 1.165) is 0 Å².